The zero-order valence-corrected chi connectivity index (χ0v) is 14.0. The van der Waals surface area contributed by atoms with E-state index in [-0.39, 0.29) is 12.5 Å². The molecule has 1 aromatic carbocycles. The van der Waals surface area contributed by atoms with Crippen LogP contribution in [0.25, 0.3) is 0 Å². The van der Waals surface area contributed by atoms with E-state index >= 15 is 0 Å². The predicted molar refractivity (Wildman–Crippen MR) is 86.7 cm³/mol. The van der Waals surface area contributed by atoms with E-state index in [1.807, 2.05) is 0 Å². The van der Waals surface area contributed by atoms with Gasteiger partial charge in [0.05, 0.1) is 5.41 Å². The molecule has 0 saturated carbocycles. The normalized spacial score (nSPS) is 28.6. The molecule has 2 atom stereocenters. The molecule has 0 unspecified atom stereocenters. The number of benzene rings is 1. The Morgan fingerprint density at radius 2 is 1.80 bits per heavy atom. The van der Waals surface area contributed by atoms with Gasteiger partial charge in [0.1, 0.15) is 5.54 Å². The standard InChI is InChI=1S/C17H19N3O5/c1-16(14(23)24)7-8-20(9-16)12(21)10-3-5-11(6-4-10)17(2)13(22)18-15(25)19-17/h3-6H,7-9H2,1-2H3,(H,23,24)(H2,18,19,22,25)/t16-,17-/m1/s1. The van der Waals surface area contributed by atoms with Gasteiger partial charge >= 0.3 is 12.0 Å². The molecule has 2 aliphatic heterocycles. The van der Waals surface area contributed by atoms with Gasteiger partial charge in [-0.3, -0.25) is 19.7 Å². The van der Waals surface area contributed by atoms with Crippen LogP contribution in [0.4, 0.5) is 4.79 Å². The molecule has 2 heterocycles. The van der Waals surface area contributed by atoms with Gasteiger partial charge in [-0.15, -0.1) is 0 Å². The molecule has 0 bridgehead atoms. The summed E-state index contributed by atoms with van der Waals surface area (Å²) >= 11 is 0. The van der Waals surface area contributed by atoms with E-state index in [4.69, 9.17) is 0 Å². The summed E-state index contributed by atoms with van der Waals surface area (Å²) in [5, 5.41) is 14.0. The van der Waals surface area contributed by atoms with Gasteiger partial charge in [-0.25, -0.2) is 4.79 Å². The van der Waals surface area contributed by atoms with E-state index in [0.29, 0.717) is 24.1 Å². The van der Waals surface area contributed by atoms with E-state index in [1.54, 1.807) is 38.1 Å². The van der Waals surface area contributed by atoms with Crippen LogP contribution in [-0.2, 0) is 15.1 Å². The number of hydrogen-bond donors (Lipinski definition) is 3. The molecule has 2 aliphatic rings. The molecule has 8 nitrogen and oxygen atoms in total. The molecule has 132 valence electrons. The second kappa shape index (κ2) is 5.58. The van der Waals surface area contributed by atoms with Crippen LogP contribution in [0.15, 0.2) is 24.3 Å². The fourth-order valence-electron chi connectivity index (χ4n) is 3.18. The summed E-state index contributed by atoms with van der Waals surface area (Å²) < 4.78 is 0. The van der Waals surface area contributed by atoms with Gasteiger partial charge in [0.15, 0.2) is 0 Å². The highest BCUT2D eigenvalue weighted by molar-refractivity contribution is 6.07. The number of rotatable bonds is 3. The lowest BCUT2D eigenvalue weighted by atomic mass is 9.90. The van der Waals surface area contributed by atoms with E-state index in [9.17, 15) is 24.3 Å². The first-order valence-electron chi connectivity index (χ1n) is 7.92. The highest BCUT2D eigenvalue weighted by atomic mass is 16.4. The number of nitrogens with one attached hydrogen (secondary N) is 2. The second-order valence-corrected chi connectivity index (χ2v) is 6.95. The molecule has 8 heteroatoms. The number of hydrogen-bond acceptors (Lipinski definition) is 4. The van der Waals surface area contributed by atoms with Gasteiger partial charge in [0, 0.05) is 18.7 Å². The van der Waals surface area contributed by atoms with Gasteiger partial charge in [-0.1, -0.05) is 12.1 Å². The van der Waals surface area contributed by atoms with Crippen LogP contribution in [-0.4, -0.2) is 46.9 Å². The lowest BCUT2D eigenvalue weighted by Crippen LogP contribution is -2.40. The Morgan fingerprint density at radius 1 is 1.16 bits per heavy atom. The molecule has 3 rings (SSSR count). The summed E-state index contributed by atoms with van der Waals surface area (Å²) in [7, 11) is 0. The van der Waals surface area contributed by atoms with Crippen molar-refractivity contribution in [2.24, 2.45) is 5.41 Å². The number of likely N-dealkylation sites (tertiary alicyclic amines) is 1. The Hall–Kier alpha value is -2.90. The minimum absolute atomic E-state index is 0.166. The topological polar surface area (TPSA) is 116 Å². The maximum absolute atomic E-state index is 12.6. The smallest absolute Gasteiger partial charge is 0.322 e. The van der Waals surface area contributed by atoms with Crippen molar-refractivity contribution in [1.82, 2.24) is 15.5 Å². The van der Waals surface area contributed by atoms with E-state index in [1.165, 1.54) is 4.90 Å². The molecule has 4 amide bonds. The van der Waals surface area contributed by atoms with Crippen molar-refractivity contribution in [3.8, 4) is 0 Å². The molecule has 0 radical (unpaired) electrons. The average molecular weight is 345 g/mol. The summed E-state index contributed by atoms with van der Waals surface area (Å²) in [6.07, 6.45) is 0.413. The molecule has 0 aromatic heterocycles. The summed E-state index contributed by atoms with van der Waals surface area (Å²) in [5.41, 5.74) is -1.13. The minimum atomic E-state index is -1.17. The van der Waals surface area contributed by atoms with Crippen LogP contribution in [0.2, 0.25) is 0 Å². The lowest BCUT2D eigenvalue weighted by molar-refractivity contribution is -0.147. The quantitative estimate of drug-likeness (QED) is 0.697. The number of carboxylic acids is 1. The van der Waals surface area contributed by atoms with Crippen LogP contribution in [0, 0.1) is 5.41 Å². The van der Waals surface area contributed by atoms with Gasteiger partial charge < -0.3 is 15.3 Å². The highest BCUT2D eigenvalue weighted by Gasteiger charge is 2.44. The summed E-state index contributed by atoms with van der Waals surface area (Å²) in [5.74, 6) is -1.61. The average Bonchev–Trinajstić information content (AvgIpc) is 3.09. The second-order valence-electron chi connectivity index (χ2n) is 6.95. The van der Waals surface area contributed by atoms with Crippen LogP contribution >= 0.6 is 0 Å². The number of amides is 4. The zero-order valence-electron chi connectivity index (χ0n) is 14.0. The van der Waals surface area contributed by atoms with Crippen molar-refractivity contribution < 1.29 is 24.3 Å². The Morgan fingerprint density at radius 3 is 2.28 bits per heavy atom. The maximum Gasteiger partial charge on any atom is 0.322 e. The molecular weight excluding hydrogens is 326 g/mol. The highest BCUT2D eigenvalue weighted by Crippen LogP contribution is 2.31. The molecule has 2 fully saturated rings. The SMILES string of the molecule is C[C@@]1(C(=O)O)CCN(C(=O)c2ccc([C@@]3(C)NC(=O)NC3=O)cc2)C1. The maximum atomic E-state index is 12.6. The van der Waals surface area contributed by atoms with Gasteiger partial charge in [0.2, 0.25) is 0 Å². The fourth-order valence-corrected chi connectivity index (χ4v) is 3.18. The van der Waals surface area contributed by atoms with Crippen molar-refractivity contribution in [3.05, 3.63) is 35.4 Å². The summed E-state index contributed by atoms with van der Waals surface area (Å²) in [6.45, 7) is 3.77. The van der Waals surface area contributed by atoms with Crippen molar-refractivity contribution in [2.45, 2.75) is 25.8 Å². The molecule has 0 aliphatic carbocycles. The first-order valence-corrected chi connectivity index (χ1v) is 7.92. The van der Waals surface area contributed by atoms with E-state index in [0.717, 1.165) is 0 Å². The molecule has 2 saturated heterocycles. The van der Waals surface area contributed by atoms with Crippen molar-refractivity contribution in [2.75, 3.05) is 13.1 Å². The molecular formula is C17H19N3O5. The number of nitrogens with zero attached hydrogens (tertiary/aromatic N) is 1. The molecule has 3 N–H and O–H groups in total. The number of carboxylic acid groups (broad SMARTS) is 1. The predicted octanol–water partition coefficient (Wildman–Crippen LogP) is 0.678. The third-order valence-electron chi connectivity index (χ3n) is 5.03. The number of carbonyl (C=O) groups excluding carboxylic acids is 3. The van der Waals surface area contributed by atoms with Crippen molar-refractivity contribution in [1.29, 1.82) is 0 Å². The van der Waals surface area contributed by atoms with Gasteiger partial charge in [0.25, 0.3) is 11.8 Å². The Kier molecular flexibility index (Phi) is 3.78. The summed E-state index contributed by atoms with van der Waals surface area (Å²) in [4.78, 5) is 48.7. The summed E-state index contributed by atoms with van der Waals surface area (Å²) in [6, 6.07) is 5.84. The third kappa shape index (κ3) is 2.73. The van der Waals surface area contributed by atoms with E-state index < -0.39 is 28.9 Å². The largest absolute Gasteiger partial charge is 0.481 e. The number of carbonyl (C=O) groups is 4. The van der Waals surface area contributed by atoms with Crippen LogP contribution in [0.3, 0.4) is 0 Å². The van der Waals surface area contributed by atoms with Crippen LogP contribution < -0.4 is 10.6 Å². The van der Waals surface area contributed by atoms with Crippen LogP contribution in [0.1, 0.15) is 36.2 Å². The first kappa shape index (κ1) is 16.9. The van der Waals surface area contributed by atoms with Gasteiger partial charge in [-0.05, 0) is 38.0 Å². The Bertz CT molecular complexity index is 775. The number of urea groups is 1. The van der Waals surface area contributed by atoms with Crippen molar-refractivity contribution >= 4 is 23.8 Å². The van der Waals surface area contributed by atoms with E-state index in [2.05, 4.69) is 10.6 Å². The zero-order chi connectivity index (χ0) is 18.4. The first-order chi connectivity index (χ1) is 11.7. The fraction of sp³-hybridized carbons (Fsp3) is 0.412. The van der Waals surface area contributed by atoms with Crippen molar-refractivity contribution in [3.63, 3.8) is 0 Å². The third-order valence-corrected chi connectivity index (χ3v) is 5.03. The number of aliphatic carboxylic acids is 1. The minimum Gasteiger partial charge on any atom is -0.481 e. The number of imide groups is 1. The monoisotopic (exact) mass is 345 g/mol. The molecule has 0 spiro atoms. The van der Waals surface area contributed by atoms with Gasteiger partial charge in [-0.2, -0.15) is 0 Å². The lowest BCUT2D eigenvalue weighted by Gasteiger charge is -2.22. The Balaban J connectivity index is 1.77. The Labute approximate surface area is 144 Å². The molecule has 25 heavy (non-hydrogen) atoms. The van der Waals surface area contributed by atoms with Crippen LogP contribution in [0.5, 0.6) is 0 Å². The molecule has 1 aromatic rings.